The van der Waals surface area contributed by atoms with Gasteiger partial charge >= 0.3 is 5.97 Å². The first-order chi connectivity index (χ1) is 9.45. The van der Waals surface area contributed by atoms with Crippen LogP contribution in [0.4, 0.5) is 0 Å². The molecule has 1 atom stereocenters. The zero-order valence-corrected chi connectivity index (χ0v) is 12.7. The Balaban J connectivity index is 2.79. The third-order valence-electron chi connectivity index (χ3n) is 4.72. The maximum Gasteiger partial charge on any atom is 0.305 e. The van der Waals surface area contributed by atoms with E-state index in [2.05, 4.69) is 0 Å². The molecule has 1 rings (SSSR count). The minimum atomic E-state index is -0.822. The van der Waals surface area contributed by atoms with Gasteiger partial charge in [0, 0.05) is 13.5 Å². The van der Waals surface area contributed by atoms with E-state index in [0.717, 1.165) is 38.5 Å². The molecule has 0 aromatic carbocycles. The third kappa shape index (κ3) is 4.20. The Hall–Kier alpha value is -1.10. The molecule has 1 aliphatic carbocycles. The normalized spacial score (nSPS) is 19.4. The van der Waals surface area contributed by atoms with Crippen LogP contribution in [0.2, 0.25) is 0 Å². The molecule has 116 valence electrons. The van der Waals surface area contributed by atoms with Crippen LogP contribution in [0, 0.1) is 5.92 Å². The van der Waals surface area contributed by atoms with Crippen LogP contribution in [-0.4, -0.2) is 41.0 Å². The van der Waals surface area contributed by atoms with Crippen molar-refractivity contribution in [1.82, 2.24) is 4.90 Å². The molecular weight excluding hydrogens is 256 g/mol. The lowest BCUT2D eigenvalue weighted by molar-refractivity contribution is -0.146. The van der Waals surface area contributed by atoms with Crippen molar-refractivity contribution in [2.45, 2.75) is 63.8 Å². The minimum Gasteiger partial charge on any atom is -0.481 e. The molecule has 0 saturated heterocycles. The summed E-state index contributed by atoms with van der Waals surface area (Å²) in [6.45, 7) is 2.53. The van der Waals surface area contributed by atoms with Gasteiger partial charge in [0.05, 0.1) is 12.0 Å². The lowest BCUT2D eigenvalue weighted by atomic mass is 9.77. The highest BCUT2D eigenvalue weighted by Gasteiger charge is 2.40. The predicted octanol–water partition coefficient (Wildman–Crippen LogP) is 2.00. The van der Waals surface area contributed by atoms with Crippen molar-refractivity contribution in [2.75, 3.05) is 13.6 Å². The van der Waals surface area contributed by atoms with Crippen molar-refractivity contribution in [1.29, 1.82) is 0 Å². The van der Waals surface area contributed by atoms with E-state index in [0.29, 0.717) is 13.0 Å². The second kappa shape index (κ2) is 7.62. The summed E-state index contributed by atoms with van der Waals surface area (Å²) in [5.74, 6) is -0.599. The number of hydrogen-bond donors (Lipinski definition) is 2. The van der Waals surface area contributed by atoms with Gasteiger partial charge in [0.15, 0.2) is 0 Å². The highest BCUT2D eigenvalue weighted by atomic mass is 16.4. The zero-order valence-electron chi connectivity index (χ0n) is 12.7. The molecule has 1 fully saturated rings. The first-order valence-electron chi connectivity index (χ1n) is 7.63. The van der Waals surface area contributed by atoms with Gasteiger partial charge in [-0.3, -0.25) is 9.59 Å². The summed E-state index contributed by atoms with van der Waals surface area (Å²) in [7, 11) is 1.76. The molecule has 0 aromatic rings. The van der Waals surface area contributed by atoms with Crippen LogP contribution in [0.5, 0.6) is 0 Å². The Labute approximate surface area is 121 Å². The van der Waals surface area contributed by atoms with Crippen molar-refractivity contribution in [3.05, 3.63) is 0 Å². The monoisotopic (exact) mass is 284 g/mol. The van der Waals surface area contributed by atoms with Crippen molar-refractivity contribution in [2.24, 2.45) is 11.7 Å². The summed E-state index contributed by atoms with van der Waals surface area (Å²) in [6.07, 6.45) is 6.06. The molecule has 0 spiro atoms. The minimum absolute atomic E-state index is 0.0328. The lowest BCUT2D eigenvalue weighted by Crippen LogP contribution is -2.52. The highest BCUT2D eigenvalue weighted by Crippen LogP contribution is 2.36. The van der Waals surface area contributed by atoms with Gasteiger partial charge < -0.3 is 15.7 Å². The van der Waals surface area contributed by atoms with E-state index in [4.69, 9.17) is 5.73 Å². The summed E-state index contributed by atoms with van der Waals surface area (Å²) in [4.78, 5) is 25.3. The van der Waals surface area contributed by atoms with Gasteiger partial charge in [0.2, 0.25) is 5.91 Å². The predicted molar refractivity (Wildman–Crippen MR) is 78.3 cm³/mol. The number of rotatable bonds is 7. The molecule has 5 nitrogen and oxygen atoms in total. The van der Waals surface area contributed by atoms with Crippen molar-refractivity contribution >= 4 is 11.9 Å². The van der Waals surface area contributed by atoms with Crippen molar-refractivity contribution in [3.8, 4) is 0 Å². The Bertz CT molecular complexity index is 334. The number of nitrogens with two attached hydrogens (primary N) is 1. The number of carbonyl (C=O) groups excluding carboxylic acids is 1. The van der Waals surface area contributed by atoms with E-state index < -0.39 is 11.5 Å². The average Bonchev–Trinajstić information content (AvgIpc) is 2.43. The number of carboxylic acids is 1. The maximum atomic E-state index is 12.4. The second-order valence-electron chi connectivity index (χ2n) is 6.02. The van der Waals surface area contributed by atoms with Crippen LogP contribution in [0.15, 0.2) is 0 Å². The first-order valence-corrected chi connectivity index (χ1v) is 7.63. The Morgan fingerprint density at radius 3 is 2.35 bits per heavy atom. The van der Waals surface area contributed by atoms with Gasteiger partial charge in [-0.05, 0) is 25.3 Å². The number of hydrogen-bond acceptors (Lipinski definition) is 3. The SMILES string of the molecule is CCC(CN)CC(=O)N(C)C1(CC(=O)O)CCCCC1. The number of carboxylic acid groups (broad SMARTS) is 1. The number of carbonyl (C=O) groups is 2. The fourth-order valence-corrected chi connectivity index (χ4v) is 3.16. The Morgan fingerprint density at radius 1 is 1.30 bits per heavy atom. The number of amides is 1. The van der Waals surface area contributed by atoms with E-state index in [1.807, 2.05) is 6.92 Å². The van der Waals surface area contributed by atoms with Crippen LogP contribution in [0.1, 0.15) is 58.3 Å². The van der Waals surface area contributed by atoms with E-state index in [9.17, 15) is 14.7 Å². The number of aliphatic carboxylic acids is 1. The van der Waals surface area contributed by atoms with Gasteiger partial charge in [0.25, 0.3) is 0 Å². The second-order valence-corrected chi connectivity index (χ2v) is 6.02. The van der Waals surface area contributed by atoms with Crippen LogP contribution in [-0.2, 0) is 9.59 Å². The Kier molecular flexibility index (Phi) is 6.46. The summed E-state index contributed by atoms with van der Waals surface area (Å²) in [5.41, 5.74) is 5.17. The molecule has 1 amide bonds. The third-order valence-corrected chi connectivity index (χ3v) is 4.72. The molecule has 0 radical (unpaired) electrons. The molecule has 0 heterocycles. The largest absolute Gasteiger partial charge is 0.481 e. The Morgan fingerprint density at radius 2 is 1.90 bits per heavy atom. The molecule has 20 heavy (non-hydrogen) atoms. The smallest absolute Gasteiger partial charge is 0.305 e. The van der Waals surface area contributed by atoms with Gasteiger partial charge in [-0.2, -0.15) is 0 Å². The molecule has 5 heteroatoms. The molecule has 0 aliphatic heterocycles. The standard InChI is InChI=1S/C15H28N2O3/c1-3-12(11-16)9-13(18)17(2)15(10-14(19)20)7-5-4-6-8-15/h12H,3-11,16H2,1-2H3,(H,19,20). The van der Waals surface area contributed by atoms with Gasteiger partial charge in [0.1, 0.15) is 0 Å². The van der Waals surface area contributed by atoms with Crippen LogP contribution in [0.3, 0.4) is 0 Å². The van der Waals surface area contributed by atoms with E-state index in [-0.39, 0.29) is 18.2 Å². The fraction of sp³-hybridized carbons (Fsp3) is 0.867. The fourth-order valence-electron chi connectivity index (χ4n) is 3.16. The van der Waals surface area contributed by atoms with E-state index >= 15 is 0 Å². The maximum absolute atomic E-state index is 12.4. The van der Waals surface area contributed by atoms with Gasteiger partial charge in [-0.15, -0.1) is 0 Å². The summed E-state index contributed by atoms with van der Waals surface area (Å²) in [5, 5.41) is 9.18. The van der Waals surface area contributed by atoms with Crippen molar-refractivity contribution in [3.63, 3.8) is 0 Å². The molecule has 1 aliphatic rings. The van der Waals surface area contributed by atoms with Gasteiger partial charge in [-0.1, -0.05) is 32.6 Å². The van der Waals surface area contributed by atoms with Crippen molar-refractivity contribution < 1.29 is 14.7 Å². The van der Waals surface area contributed by atoms with Crippen LogP contribution in [0.25, 0.3) is 0 Å². The summed E-state index contributed by atoms with van der Waals surface area (Å²) in [6, 6.07) is 0. The number of nitrogens with zero attached hydrogens (tertiary/aromatic N) is 1. The van der Waals surface area contributed by atoms with Gasteiger partial charge in [-0.25, -0.2) is 0 Å². The molecular formula is C15H28N2O3. The first kappa shape index (κ1) is 17.0. The molecule has 0 bridgehead atoms. The van der Waals surface area contributed by atoms with E-state index in [1.165, 1.54) is 0 Å². The summed E-state index contributed by atoms with van der Waals surface area (Å²) < 4.78 is 0. The van der Waals surface area contributed by atoms with Crippen LogP contribution < -0.4 is 5.73 Å². The zero-order chi connectivity index (χ0) is 15.2. The summed E-state index contributed by atoms with van der Waals surface area (Å²) >= 11 is 0. The lowest BCUT2D eigenvalue weighted by Gasteiger charge is -2.44. The topological polar surface area (TPSA) is 83.6 Å². The molecule has 1 unspecified atom stereocenters. The van der Waals surface area contributed by atoms with E-state index in [1.54, 1.807) is 11.9 Å². The molecule has 1 saturated carbocycles. The molecule has 0 aromatic heterocycles. The highest BCUT2D eigenvalue weighted by molar-refractivity contribution is 5.78. The average molecular weight is 284 g/mol. The molecule has 3 N–H and O–H groups in total. The quantitative estimate of drug-likeness (QED) is 0.749. The van der Waals surface area contributed by atoms with Crippen LogP contribution >= 0.6 is 0 Å².